The quantitative estimate of drug-likeness (QED) is 0.663. The molecule has 0 radical (unpaired) electrons. The predicted molar refractivity (Wildman–Crippen MR) is 109 cm³/mol. The SMILES string of the molecule is Cc1ccc(NC(=O)c2ccc(Nc3ccc4c(c3)OCCO4)nc2)cc1Cl. The number of hydrogen-bond acceptors (Lipinski definition) is 5. The number of hydrogen-bond donors (Lipinski definition) is 2. The van der Waals surface area contributed by atoms with Crippen LogP contribution in [0.3, 0.4) is 0 Å². The maximum Gasteiger partial charge on any atom is 0.257 e. The van der Waals surface area contributed by atoms with Gasteiger partial charge in [0.2, 0.25) is 0 Å². The number of rotatable bonds is 4. The fourth-order valence-electron chi connectivity index (χ4n) is 2.74. The molecule has 28 heavy (non-hydrogen) atoms. The van der Waals surface area contributed by atoms with Crippen LogP contribution in [0, 0.1) is 6.92 Å². The highest BCUT2D eigenvalue weighted by Crippen LogP contribution is 2.33. The summed E-state index contributed by atoms with van der Waals surface area (Å²) >= 11 is 6.10. The van der Waals surface area contributed by atoms with Crippen LogP contribution in [-0.2, 0) is 0 Å². The van der Waals surface area contributed by atoms with Crippen molar-refractivity contribution in [1.29, 1.82) is 0 Å². The van der Waals surface area contributed by atoms with Gasteiger partial charge in [0.1, 0.15) is 19.0 Å². The number of aryl methyl sites for hydroxylation is 1. The zero-order valence-electron chi connectivity index (χ0n) is 15.2. The second kappa shape index (κ2) is 7.78. The molecule has 0 unspecified atom stereocenters. The second-order valence-corrected chi connectivity index (χ2v) is 6.74. The van der Waals surface area contributed by atoms with E-state index in [0.717, 1.165) is 17.0 Å². The highest BCUT2D eigenvalue weighted by Gasteiger charge is 2.12. The van der Waals surface area contributed by atoms with Crippen molar-refractivity contribution in [3.63, 3.8) is 0 Å². The third-order valence-corrected chi connectivity index (χ3v) is 4.68. The molecule has 2 aromatic carbocycles. The van der Waals surface area contributed by atoms with E-state index in [1.165, 1.54) is 6.20 Å². The normalized spacial score (nSPS) is 12.4. The molecule has 6 nitrogen and oxygen atoms in total. The Morgan fingerprint density at radius 3 is 2.54 bits per heavy atom. The van der Waals surface area contributed by atoms with Crippen LogP contribution in [-0.4, -0.2) is 24.1 Å². The first kappa shape index (κ1) is 18.1. The summed E-state index contributed by atoms with van der Waals surface area (Å²) in [7, 11) is 0. The minimum absolute atomic E-state index is 0.252. The molecular formula is C21H18ClN3O3. The van der Waals surface area contributed by atoms with Crippen molar-refractivity contribution >= 4 is 34.7 Å². The molecule has 1 aliphatic heterocycles. The maximum absolute atomic E-state index is 12.4. The number of nitrogens with one attached hydrogen (secondary N) is 2. The van der Waals surface area contributed by atoms with Gasteiger partial charge in [0.25, 0.3) is 5.91 Å². The van der Waals surface area contributed by atoms with E-state index in [-0.39, 0.29) is 5.91 Å². The zero-order valence-corrected chi connectivity index (χ0v) is 15.9. The molecular weight excluding hydrogens is 378 g/mol. The van der Waals surface area contributed by atoms with Crippen molar-refractivity contribution in [2.24, 2.45) is 0 Å². The van der Waals surface area contributed by atoms with Crippen molar-refractivity contribution in [3.8, 4) is 11.5 Å². The Labute approximate surface area is 167 Å². The van der Waals surface area contributed by atoms with Crippen LogP contribution in [0.1, 0.15) is 15.9 Å². The fraction of sp³-hybridized carbons (Fsp3) is 0.143. The lowest BCUT2D eigenvalue weighted by molar-refractivity contribution is 0.102. The van der Waals surface area contributed by atoms with Gasteiger partial charge in [0.15, 0.2) is 11.5 Å². The summed E-state index contributed by atoms with van der Waals surface area (Å²) in [6, 6.07) is 14.4. The molecule has 3 aromatic rings. The fourth-order valence-corrected chi connectivity index (χ4v) is 2.93. The molecule has 0 bridgehead atoms. The van der Waals surface area contributed by atoms with Gasteiger partial charge in [-0.1, -0.05) is 17.7 Å². The lowest BCUT2D eigenvalue weighted by Gasteiger charge is -2.19. The molecule has 7 heteroatoms. The summed E-state index contributed by atoms with van der Waals surface area (Å²) in [4.78, 5) is 16.7. The molecule has 1 aromatic heterocycles. The number of ether oxygens (including phenoxy) is 2. The Morgan fingerprint density at radius 1 is 1.00 bits per heavy atom. The molecule has 0 saturated carbocycles. The molecule has 0 saturated heterocycles. The average Bonchev–Trinajstić information content (AvgIpc) is 2.71. The summed E-state index contributed by atoms with van der Waals surface area (Å²) in [5.41, 5.74) is 2.86. The molecule has 0 fully saturated rings. The van der Waals surface area contributed by atoms with Crippen molar-refractivity contribution < 1.29 is 14.3 Å². The summed E-state index contributed by atoms with van der Waals surface area (Å²) in [6.07, 6.45) is 1.52. The molecule has 0 aliphatic carbocycles. The van der Waals surface area contributed by atoms with Gasteiger partial charge in [-0.05, 0) is 48.9 Å². The van der Waals surface area contributed by atoms with E-state index in [2.05, 4.69) is 15.6 Å². The third-order valence-electron chi connectivity index (χ3n) is 4.27. The lowest BCUT2D eigenvalue weighted by Crippen LogP contribution is -2.15. The maximum atomic E-state index is 12.4. The third kappa shape index (κ3) is 4.02. The first-order valence-corrected chi connectivity index (χ1v) is 9.16. The van der Waals surface area contributed by atoms with E-state index >= 15 is 0 Å². The topological polar surface area (TPSA) is 72.5 Å². The Hall–Kier alpha value is -3.25. The number of carbonyl (C=O) groups excluding carboxylic acids is 1. The van der Waals surface area contributed by atoms with Gasteiger partial charge in [-0.3, -0.25) is 4.79 Å². The van der Waals surface area contributed by atoms with E-state index in [4.69, 9.17) is 21.1 Å². The van der Waals surface area contributed by atoms with Crippen LogP contribution in [0.15, 0.2) is 54.7 Å². The number of amides is 1. The Morgan fingerprint density at radius 2 is 1.79 bits per heavy atom. The molecule has 0 atom stereocenters. The summed E-state index contributed by atoms with van der Waals surface area (Å²) in [6.45, 7) is 3.00. The molecule has 4 rings (SSSR count). The Bertz CT molecular complexity index is 1020. The van der Waals surface area contributed by atoms with Gasteiger partial charge in [0, 0.05) is 28.7 Å². The van der Waals surface area contributed by atoms with Crippen LogP contribution in [0.25, 0.3) is 0 Å². The first-order valence-electron chi connectivity index (χ1n) is 8.79. The van der Waals surface area contributed by atoms with E-state index in [0.29, 0.717) is 41.1 Å². The number of fused-ring (bicyclic) bond motifs is 1. The monoisotopic (exact) mass is 395 g/mol. The van der Waals surface area contributed by atoms with Gasteiger partial charge in [-0.25, -0.2) is 4.98 Å². The Balaban J connectivity index is 1.43. The molecule has 2 heterocycles. The van der Waals surface area contributed by atoms with Gasteiger partial charge in [-0.15, -0.1) is 0 Å². The van der Waals surface area contributed by atoms with Gasteiger partial charge < -0.3 is 20.1 Å². The van der Waals surface area contributed by atoms with E-state index < -0.39 is 0 Å². The average molecular weight is 396 g/mol. The number of anilines is 3. The number of aromatic nitrogens is 1. The van der Waals surface area contributed by atoms with E-state index in [9.17, 15) is 4.79 Å². The summed E-state index contributed by atoms with van der Waals surface area (Å²) < 4.78 is 11.1. The molecule has 0 spiro atoms. The predicted octanol–water partition coefficient (Wildman–Crippen LogP) is 4.81. The Kier molecular flexibility index (Phi) is 5.04. The minimum atomic E-state index is -0.252. The van der Waals surface area contributed by atoms with Crippen LogP contribution in [0.4, 0.5) is 17.2 Å². The van der Waals surface area contributed by atoms with Gasteiger partial charge >= 0.3 is 0 Å². The van der Waals surface area contributed by atoms with Crippen molar-refractivity contribution in [2.45, 2.75) is 6.92 Å². The van der Waals surface area contributed by atoms with E-state index in [1.807, 2.05) is 37.3 Å². The molecule has 1 amide bonds. The summed E-state index contributed by atoms with van der Waals surface area (Å²) in [5, 5.41) is 6.61. The highest BCUT2D eigenvalue weighted by atomic mass is 35.5. The van der Waals surface area contributed by atoms with Crippen LogP contribution < -0.4 is 20.1 Å². The number of halogens is 1. The minimum Gasteiger partial charge on any atom is -0.486 e. The van der Waals surface area contributed by atoms with Crippen molar-refractivity contribution in [3.05, 3.63) is 70.9 Å². The van der Waals surface area contributed by atoms with Gasteiger partial charge in [0.05, 0.1) is 5.56 Å². The first-order chi connectivity index (χ1) is 13.6. The lowest BCUT2D eigenvalue weighted by atomic mass is 10.2. The number of benzene rings is 2. The zero-order chi connectivity index (χ0) is 19.5. The second-order valence-electron chi connectivity index (χ2n) is 6.33. The molecule has 1 aliphatic rings. The molecule has 2 N–H and O–H groups in total. The van der Waals surface area contributed by atoms with Gasteiger partial charge in [-0.2, -0.15) is 0 Å². The summed E-state index contributed by atoms with van der Waals surface area (Å²) in [5.74, 6) is 1.79. The van der Waals surface area contributed by atoms with E-state index in [1.54, 1.807) is 18.2 Å². The van der Waals surface area contributed by atoms with Crippen molar-refractivity contribution in [2.75, 3.05) is 23.8 Å². The van der Waals surface area contributed by atoms with Crippen LogP contribution in [0.2, 0.25) is 5.02 Å². The number of carbonyl (C=O) groups is 1. The van der Waals surface area contributed by atoms with Crippen molar-refractivity contribution in [1.82, 2.24) is 4.98 Å². The van der Waals surface area contributed by atoms with Crippen LogP contribution in [0.5, 0.6) is 11.5 Å². The molecule has 142 valence electrons. The standard InChI is InChI=1S/C21H18ClN3O3/c1-13-2-4-15(10-17(13)22)25-21(26)14-3-7-20(23-12-14)24-16-5-6-18-19(11-16)28-9-8-27-18/h2-7,10-12H,8-9H2,1H3,(H,23,24)(H,25,26). The number of pyridine rings is 1. The smallest absolute Gasteiger partial charge is 0.257 e. The largest absolute Gasteiger partial charge is 0.486 e. The highest BCUT2D eigenvalue weighted by molar-refractivity contribution is 6.31. The number of nitrogens with zero attached hydrogens (tertiary/aromatic N) is 1. The van der Waals surface area contributed by atoms with Crippen LogP contribution >= 0.6 is 11.6 Å².